The quantitative estimate of drug-likeness (QED) is 0.699. The number of piperidine rings is 1. The molecule has 4 heteroatoms. The molecule has 4 nitrogen and oxygen atoms in total. The summed E-state index contributed by atoms with van der Waals surface area (Å²) in [5.41, 5.74) is 0. The van der Waals surface area contributed by atoms with Crippen LogP contribution in [0.2, 0.25) is 0 Å². The van der Waals surface area contributed by atoms with E-state index in [1.165, 1.54) is 0 Å². The van der Waals surface area contributed by atoms with E-state index >= 15 is 0 Å². The zero-order valence-electron chi connectivity index (χ0n) is 10.1. The van der Waals surface area contributed by atoms with Crippen LogP contribution in [0, 0.1) is 5.92 Å². The number of amides is 1. The highest BCUT2D eigenvalue weighted by Gasteiger charge is 2.40. The highest BCUT2D eigenvalue weighted by atomic mass is 16.5. The molecule has 0 radical (unpaired) electrons. The van der Waals surface area contributed by atoms with Crippen LogP contribution in [0.1, 0.15) is 25.7 Å². The van der Waals surface area contributed by atoms with Gasteiger partial charge in [0.2, 0.25) is 5.91 Å². The Kier molecular flexibility index (Phi) is 4.18. The molecule has 2 atom stereocenters. The largest absolute Gasteiger partial charge is 0.385 e. The van der Waals surface area contributed by atoms with Crippen LogP contribution >= 0.6 is 0 Å². The van der Waals surface area contributed by atoms with E-state index in [9.17, 15) is 4.79 Å². The van der Waals surface area contributed by atoms with E-state index in [0.29, 0.717) is 11.9 Å². The highest BCUT2D eigenvalue weighted by Crippen LogP contribution is 2.26. The van der Waals surface area contributed by atoms with Crippen molar-refractivity contribution in [3.8, 4) is 0 Å². The van der Waals surface area contributed by atoms with Gasteiger partial charge in [0, 0.05) is 32.8 Å². The van der Waals surface area contributed by atoms with Crippen molar-refractivity contribution in [3.05, 3.63) is 0 Å². The number of carbonyl (C=O) groups is 1. The number of unbranched alkanes of at least 4 members (excludes halogenated alkanes) is 1. The molecular weight excluding hydrogens is 204 g/mol. The topological polar surface area (TPSA) is 41.6 Å². The van der Waals surface area contributed by atoms with E-state index < -0.39 is 0 Å². The second-order valence-electron chi connectivity index (χ2n) is 4.79. The Balaban J connectivity index is 1.76. The van der Waals surface area contributed by atoms with Crippen molar-refractivity contribution < 1.29 is 9.53 Å². The van der Waals surface area contributed by atoms with E-state index in [-0.39, 0.29) is 5.92 Å². The third-order valence-electron chi connectivity index (χ3n) is 3.66. The van der Waals surface area contributed by atoms with Crippen LogP contribution in [0.5, 0.6) is 0 Å². The van der Waals surface area contributed by atoms with Gasteiger partial charge >= 0.3 is 0 Å². The van der Waals surface area contributed by atoms with Gasteiger partial charge in [0.25, 0.3) is 0 Å². The van der Waals surface area contributed by atoms with Crippen LogP contribution in [-0.2, 0) is 9.53 Å². The van der Waals surface area contributed by atoms with Crippen molar-refractivity contribution in [1.29, 1.82) is 0 Å². The minimum absolute atomic E-state index is 0.260. The molecule has 2 aliphatic rings. The molecule has 2 rings (SSSR count). The van der Waals surface area contributed by atoms with Crippen molar-refractivity contribution >= 4 is 5.91 Å². The van der Waals surface area contributed by atoms with Gasteiger partial charge in [-0.15, -0.1) is 0 Å². The van der Waals surface area contributed by atoms with Crippen molar-refractivity contribution in [3.63, 3.8) is 0 Å². The minimum Gasteiger partial charge on any atom is -0.385 e. The third-order valence-corrected chi connectivity index (χ3v) is 3.66. The number of methoxy groups -OCH3 is 1. The molecule has 92 valence electrons. The summed E-state index contributed by atoms with van der Waals surface area (Å²) in [6.07, 6.45) is 4.32. The summed E-state index contributed by atoms with van der Waals surface area (Å²) in [4.78, 5) is 14.1. The molecule has 0 bridgehead atoms. The minimum atomic E-state index is 0.260. The number of carbonyl (C=O) groups excluding carboxylic acids is 1. The lowest BCUT2D eigenvalue weighted by atomic mass is 9.94. The standard InChI is InChI=1S/C12H22N2O2/c1-16-8-3-2-7-14-9-11-10(12(14)15)5-4-6-13-11/h10-11,13H,2-9H2,1H3. The number of nitrogens with one attached hydrogen (secondary N) is 1. The summed E-state index contributed by atoms with van der Waals surface area (Å²) >= 11 is 0. The summed E-state index contributed by atoms with van der Waals surface area (Å²) in [7, 11) is 1.72. The van der Waals surface area contributed by atoms with Crippen molar-refractivity contribution in [2.24, 2.45) is 5.92 Å². The summed E-state index contributed by atoms with van der Waals surface area (Å²) in [6, 6.07) is 0.420. The number of likely N-dealkylation sites (tertiary alicyclic amines) is 1. The Morgan fingerprint density at radius 3 is 3.12 bits per heavy atom. The van der Waals surface area contributed by atoms with Crippen LogP contribution in [0.15, 0.2) is 0 Å². The maximum Gasteiger partial charge on any atom is 0.227 e. The number of fused-ring (bicyclic) bond motifs is 1. The van der Waals surface area contributed by atoms with E-state index in [1.54, 1.807) is 7.11 Å². The van der Waals surface area contributed by atoms with E-state index in [4.69, 9.17) is 4.74 Å². The first-order valence-electron chi connectivity index (χ1n) is 6.34. The van der Waals surface area contributed by atoms with Gasteiger partial charge in [0.15, 0.2) is 0 Å². The van der Waals surface area contributed by atoms with Gasteiger partial charge in [-0.05, 0) is 32.2 Å². The number of ether oxygens (including phenoxy) is 1. The molecule has 0 saturated carbocycles. The Hall–Kier alpha value is -0.610. The molecule has 2 saturated heterocycles. The molecule has 1 N–H and O–H groups in total. The first-order valence-corrected chi connectivity index (χ1v) is 6.34. The summed E-state index contributed by atoms with van der Waals surface area (Å²) in [5.74, 6) is 0.630. The molecule has 0 spiro atoms. The maximum atomic E-state index is 12.1. The number of hydrogen-bond donors (Lipinski definition) is 1. The fourth-order valence-corrected chi connectivity index (χ4v) is 2.75. The van der Waals surface area contributed by atoms with Gasteiger partial charge in [0.05, 0.1) is 5.92 Å². The van der Waals surface area contributed by atoms with Gasteiger partial charge < -0.3 is 15.0 Å². The van der Waals surface area contributed by atoms with Crippen LogP contribution in [0.3, 0.4) is 0 Å². The molecule has 0 aromatic rings. The molecule has 2 fully saturated rings. The fraction of sp³-hybridized carbons (Fsp3) is 0.917. The van der Waals surface area contributed by atoms with Gasteiger partial charge in [-0.25, -0.2) is 0 Å². The smallest absolute Gasteiger partial charge is 0.227 e. The number of hydrogen-bond acceptors (Lipinski definition) is 3. The molecule has 0 aliphatic carbocycles. The predicted molar refractivity (Wildman–Crippen MR) is 62.2 cm³/mol. The second-order valence-corrected chi connectivity index (χ2v) is 4.79. The number of nitrogens with zero attached hydrogens (tertiary/aromatic N) is 1. The highest BCUT2D eigenvalue weighted by molar-refractivity contribution is 5.82. The molecule has 0 aromatic heterocycles. The van der Waals surface area contributed by atoms with Crippen LogP contribution in [0.25, 0.3) is 0 Å². The molecule has 2 heterocycles. The van der Waals surface area contributed by atoms with E-state index in [1.807, 2.05) is 4.90 Å². The monoisotopic (exact) mass is 226 g/mol. The summed E-state index contributed by atoms with van der Waals surface area (Å²) < 4.78 is 5.01. The van der Waals surface area contributed by atoms with Crippen molar-refractivity contribution in [2.45, 2.75) is 31.7 Å². The second kappa shape index (κ2) is 5.64. The van der Waals surface area contributed by atoms with Crippen LogP contribution in [0.4, 0.5) is 0 Å². The predicted octanol–water partition coefficient (Wildman–Crippen LogP) is 0.623. The summed E-state index contributed by atoms with van der Waals surface area (Å²) in [6.45, 7) is 3.69. The Labute approximate surface area is 97.3 Å². The number of rotatable bonds is 5. The molecule has 0 aromatic carbocycles. The van der Waals surface area contributed by atoms with Crippen molar-refractivity contribution in [2.75, 3.05) is 33.4 Å². The van der Waals surface area contributed by atoms with Gasteiger partial charge in [-0.1, -0.05) is 0 Å². The lowest BCUT2D eigenvalue weighted by molar-refractivity contribution is -0.131. The van der Waals surface area contributed by atoms with Gasteiger partial charge in [-0.2, -0.15) is 0 Å². The summed E-state index contributed by atoms with van der Waals surface area (Å²) in [5, 5.41) is 3.46. The SMILES string of the molecule is COCCCCN1CC2NCCCC2C1=O. The van der Waals surface area contributed by atoms with Gasteiger partial charge in [-0.3, -0.25) is 4.79 Å². The molecule has 16 heavy (non-hydrogen) atoms. The normalized spacial score (nSPS) is 29.6. The lowest BCUT2D eigenvalue weighted by Crippen LogP contribution is -2.41. The van der Waals surface area contributed by atoms with E-state index in [0.717, 1.165) is 51.9 Å². The average molecular weight is 226 g/mol. The van der Waals surface area contributed by atoms with Crippen LogP contribution in [-0.4, -0.2) is 50.2 Å². The first kappa shape index (κ1) is 11.9. The lowest BCUT2D eigenvalue weighted by Gasteiger charge is -2.23. The van der Waals surface area contributed by atoms with E-state index in [2.05, 4.69) is 5.32 Å². The molecule has 2 unspecified atom stereocenters. The fourth-order valence-electron chi connectivity index (χ4n) is 2.75. The van der Waals surface area contributed by atoms with Crippen molar-refractivity contribution in [1.82, 2.24) is 10.2 Å². The third kappa shape index (κ3) is 2.55. The zero-order valence-corrected chi connectivity index (χ0v) is 10.1. The van der Waals surface area contributed by atoms with Gasteiger partial charge in [0.1, 0.15) is 0 Å². The average Bonchev–Trinajstić information content (AvgIpc) is 2.63. The molecular formula is C12H22N2O2. The molecule has 2 aliphatic heterocycles. The first-order chi connectivity index (χ1) is 7.83. The van der Waals surface area contributed by atoms with Crippen LogP contribution < -0.4 is 5.32 Å². The Morgan fingerprint density at radius 1 is 1.50 bits per heavy atom. The maximum absolute atomic E-state index is 12.1. The Bertz CT molecular complexity index is 245. The molecule has 1 amide bonds. The zero-order chi connectivity index (χ0) is 11.4. The Morgan fingerprint density at radius 2 is 2.38 bits per heavy atom.